The first kappa shape index (κ1) is 8.49. The predicted octanol–water partition coefficient (Wildman–Crippen LogP) is 2.82. The second-order valence-electron chi connectivity index (χ2n) is 3.67. The van der Waals surface area contributed by atoms with Gasteiger partial charge in [-0.05, 0) is 26.2 Å². The molecule has 0 aliphatic carbocycles. The summed E-state index contributed by atoms with van der Waals surface area (Å²) in [5.74, 6) is 0.838. The van der Waals surface area contributed by atoms with Crippen LogP contribution in [0.4, 0.5) is 0 Å². The van der Waals surface area contributed by atoms with Gasteiger partial charge in [0.15, 0.2) is 0 Å². The van der Waals surface area contributed by atoms with E-state index in [4.69, 9.17) is 4.74 Å². The minimum Gasteiger partial charge on any atom is -0.501 e. The molecule has 1 nitrogen and oxygen atoms in total. The van der Waals surface area contributed by atoms with E-state index in [9.17, 15) is 0 Å². The Bertz CT molecular complexity index is 179. The summed E-state index contributed by atoms with van der Waals surface area (Å²) in [5, 5.41) is 1.88. The molecular weight excluding hydrogens is 168 g/mol. The normalized spacial score (nSPS) is 39.6. The molecule has 0 aromatic carbocycles. The Balaban J connectivity index is 1.75. The van der Waals surface area contributed by atoms with Gasteiger partial charge in [0.2, 0.25) is 0 Å². The molecule has 3 atom stereocenters. The molecule has 2 rings (SSSR count). The van der Waals surface area contributed by atoms with Crippen molar-refractivity contribution in [1.29, 1.82) is 0 Å². The average Bonchev–Trinajstić information content (AvgIpc) is 2.65. The fourth-order valence-corrected chi connectivity index (χ4v) is 4.00. The first-order valence-electron chi connectivity index (χ1n) is 4.78. The lowest BCUT2D eigenvalue weighted by molar-refractivity contribution is 0.179. The zero-order valence-electron chi connectivity index (χ0n) is 7.53. The lowest BCUT2D eigenvalue weighted by Gasteiger charge is -2.18. The molecule has 68 valence electrons. The summed E-state index contributed by atoms with van der Waals surface area (Å²) >= 11 is 2.19. The summed E-state index contributed by atoms with van der Waals surface area (Å²) in [4.78, 5) is 0. The largest absolute Gasteiger partial charge is 0.501 e. The lowest BCUT2D eigenvalue weighted by atomic mass is 9.90. The van der Waals surface area contributed by atoms with E-state index in [1.165, 1.54) is 19.3 Å². The first-order valence-corrected chi connectivity index (χ1v) is 5.72. The molecule has 12 heavy (non-hydrogen) atoms. The van der Waals surface area contributed by atoms with Gasteiger partial charge in [0, 0.05) is 16.4 Å². The summed E-state index contributed by atoms with van der Waals surface area (Å²) in [6.45, 7) is 2.94. The molecule has 2 bridgehead atoms. The maximum absolute atomic E-state index is 5.43. The molecule has 2 heterocycles. The molecule has 2 aliphatic rings. The zero-order valence-corrected chi connectivity index (χ0v) is 8.35. The maximum atomic E-state index is 5.43. The summed E-state index contributed by atoms with van der Waals surface area (Å²) in [5.41, 5.74) is 0. The quantitative estimate of drug-likeness (QED) is 0.624. The molecule has 0 aromatic heterocycles. The van der Waals surface area contributed by atoms with Gasteiger partial charge in [-0.2, -0.15) is 11.8 Å². The number of thioether (sulfide) groups is 1. The Morgan fingerprint density at radius 2 is 2.42 bits per heavy atom. The molecule has 2 saturated heterocycles. The third kappa shape index (κ3) is 1.63. The Labute approximate surface area is 78.6 Å². The van der Waals surface area contributed by atoms with Gasteiger partial charge in [-0.15, -0.1) is 0 Å². The number of hydrogen-bond donors (Lipinski definition) is 0. The van der Waals surface area contributed by atoms with Gasteiger partial charge in [-0.3, -0.25) is 0 Å². The molecule has 0 amide bonds. The van der Waals surface area contributed by atoms with Crippen LogP contribution in [0.25, 0.3) is 0 Å². The van der Waals surface area contributed by atoms with E-state index in [0.29, 0.717) is 0 Å². The van der Waals surface area contributed by atoms with Crippen molar-refractivity contribution in [2.45, 2.75) is 36.7 Å². The molecule has 3 unspecified atom stereocenters. The van der Waals surface area contributed by atoms with Gasteiger partial charge in [0.05, 0.1) is 12.9 Å². The Morgan fingerprint density at radius 3 is 3.00 bits per heavy atom. The van der Waals surface area contributed by atoms with E-state index in [1.54, 1.807) is 0 Å². The van der Waals surface area contributed by atoms with Crippen molar-refractivity contribution in [2.75, 3.05) is 6.61 Å². The van der Waals surface area contributed by atoms with Crippen LogP contribution in [0.5, 0.6) is 0 Å². The minimum absolute atomic E-state index is 0.838. The molecule has 0 N–H and O–H groups in total. The lowest BCUT2D eigenvalue weighted by Crippen LogP contribution is -2.19. The van der Waals surface area contributed by atoms with Crippen LogP contribution < -0.4 is 0 Å². The van der Waals surface area contributed by atoms with Crippen molar-refractivity contribution in [3.05, 3.63) is 12.3 Å². The molecule has 2 heteroatoms. The molecule has 0 saturated carbocycles. The number of fused-ring (bicyclic) bond motifs is 2. The van der Waals surface area contributed by atoms with E-state index < -0.39 is 0 Å². The molecule has 0 spiro atoms. The monoisotopic (exact) mass is 184 g/mol. The topological polar surface area (TPSA) is 9.23 Å². The van der Waals surface area contributed by atoms with Gasteiger partial charge < -0.3 is 4.74 Å². The zero-order chi connectivity index (χ0) is 8.39. The van der Waals surface area contributed by atoms with E-state index in [-0.39, 0.29) is 0 Å². The standard InChI is InChI=1S/C10H16OS/c1-2-5-11-7-8-6-9-3-4-10(8)12-9/h2,5,8-10H,3-4,6-7H2,1H3/b5-2+. The highest BCUT2D eigenvalue weighted by Gasteiger charge is 2.40. The van der Waals surface area contributed by atoms with Crippen LogP contribution in [0, 0.1) is 5.92 Å². The minimum atomic E-state index is 0.838. The van der Waals surface area contributed by atoms with Crippen LogP contribution >= 0.6 is 11.8 Å². The van der Waals surface area contributed by atoms with E-state index in [1.807, 2.05) is 19.3 Å². The SMILES string of the molecule is C/C=C/OCC1CC2CCC1S2. The molecular formula is C10H16OS. The smallest absolute Gasteiger partial charge is 0.0912 e. The van der Waals surface area contributed by atoms with E-state index in [0.717, 1.165) is 23.0 Å². The van der Waals surface area contributed by atoms with Gasteiger partial charge in [-0.25, -0.2) is 0 Å². The van der Waals surface area contributed by atoms with Crippen molar-refractivity contribution < 1.29 is 4.74 Å². The van der Waals surface area contributed by atoms with Crippen LogP contribution in [0.3, 0.4) is 0 Å². The second kappa shape index (κ2) is 3.73. The number of rotatable bonds is 3. The fraction of sp³-hybridized carbons (Fsp3) is 0.800. The van der Waals surface area contributed by atoms with Crippen LogP contribution in [0.1, 0.15) is 26.2 Å². The van der Waals surface area contributed by atoms with Crippen LogP contribution in [-0.4, -0.2) is 17.1 Å². The van der Waals surface area contributed by atoms with Gasteiger partial charge >= 0.3 is 0 Å². The van der Waals surface area contributed by atoms with Crippen LogP contribution in [0.2, 0.25) is 0 Å². The predicted molar refractivity (Wildman–Crippen MR) is 53.3 cm³/mol. The van der Waals surface area contributed by atoms with Crippen LogP contribution in [0.15, 0.2) is 12.3 Å². The Morgan fingerprint density at radius 1 is 1.50 bits per heavy atom. The number of ether oxygens (including phenoxy) is 1. The first-order chi connectivity index (χ1) is 5.90. The van der Waals surface area contributed by atoms with Crippen LogP contribution in [-0.2, 0) is 4.74 Å². The van der Waals surface area contributed by atoms with Crippen molar-refractivity contribution in [2.24, 2.45) is 5.92 Å². The third-order valence-electron chi connectivity index (χ3n) is 2.77. The van der Waals surface area contributed by atoms with Gasteiger partial charge in [0.25, 0.3) is 0 Å². The number of allylic oxidation sites excluding steroid dienone is 1. The number of hydrogen-bond acceptors (Lipinski definition) is 2. The highest BCUT2D eigenvalue weighted by Crippen LogP contribution is 2.49. The van der Waals surface area contributed by atoms with E-state index >= 15 is 0 Å². The third-order valence-corrected chi connectivity index (χ3v) is 4.56. The summed E-state index contributed by atoms with van der Waals surface area (Å²) in [6.07, 6.45) is 8.05. The molecule has 0 aromatic rings. The highest BCUT2D eigenvalue weighted by molar-refractivity contribution is 8.01. The van der Waals surface area contributed by atoms with Crippen molar-refractivity contribution in [3.63, 3.8) is 0 Å². The van der Waals surface area contributed by atoms with Gasteiger partial charge in [-0.1, -0.05) is 6.08 Å². The molecule has 2 aliphatic heterocycles. The summed E-state index contributed by atoms with van der Waals surface area (Å²) < 4.78 is 5.43. The maximum Gasteiger partial charge on any atom is 0.0912 e. The average molecular weight is 184 g/mol. The van der Waals surface area contributed by atoms with Gasteiger partial charge in [0.1, 0.15) is 0 Å². The molecule has 0 radical (unpaired) electrons. The highest BCUT2D eigenvalue weighted by atomic mass is 32.2. The summed E-state index contributed by atoms with van der Waals surface area (Å²) in [6, 6.07) is 0. The van der Waals surface area contributed by atoms with E-state index in [2.05, 4.69) is 11.8 Å². The Kier molecular flexibility index (Phi) is 2.64. The second-order valence-corrected chi connectivity index (χ2v) is 5.22. The van der Waals surface area contributed by atoms with Crippen molar-refractivity contribution in [1.82, 2.24) is 0 Å². The summed E-state index contributed by atoms with van der Waals surface area (Å²) in [7, 11) is 0. The molecule has 2 fully saturated rings. The van der Waals surface area contributed by atoms with Crippen molar-refractivity contribution >= 4 is 11.8 Å². The fourth-order valence-electron chi connectivity index (χ4n) is 2.19. The van der Waals surface area contributed by atoms with Crippen molar-refractivity contribution in [3.8, 4) is 0 Å². The Hall–Kier alpha value is -0.110.